The SMILES string of the molecule is Cc1cccc(/C=C/C(=O)O)c1OC1CCCC(C)C1. The van der Waals surface area contributed by atoms with Crippen molar-refractivity contribution in [3.05, 3.63) is 35.4 Å². The maximum absolute atomic E-state index is 10.7. The van der Waals surface area contributed by atoms with Crippen LogP contribution in [0.25, 0.3) is 6.08 Å². The fraction of sp³-hybridized carbons (Fsp3) is 0.471. The summed E-state index contributed by atoms with van der Waals surface area (Å²) in [5.41, 5.74) is 1.89. The monoisotopic (exact) mass is 274 g/mol. The lowest BCUT2D eigenvalue weighted by Gasteiger charge is -2.28. The van der Waals surface area contributed by atoms with Gasteiger partial charge in [0.15, 0.2) is 0 Å². The molecule has 0 bridgehead atoms. The van der Waals surface area contributed by atoms with Gasteiger partial charge in [0, 0.05) is 11.6 Å². The maximum atomic E-state index is 10.7. The van der Waals surface area contributed by atoms with E-state index in [1.165, 1.54) is 12.8 Å². The Kier molecular flexibility index (Phi) is 4.83. The molecule has 0 aromatic heterocycles. The van der Waals surface area contributed by atoms with E-state index in [1.807, 2.05) is 25.1 Å². The lowest BCUT2D eigenvalue weighted by molar-refractivity contribution is -0.131. The first kappa shape index (κ1) is 14.6. The summed E-state index contributed by atoms with van der Waals surface area (Å²) >= 11 is 0. The van der Waals surface area contributed by atoms with Crippen LogP contribution in [0.15, 0.2) is 24.3 Å². The van der Waals surface area contributed by atoms with Crippen LogP contribution in [-0.4, -0.2) is 17.2 Å². The summed E-state index contributed by atoms with van der Waals surface area (Å²) in [6, 6.07) is 5.82. The number of ether oxygens (including phenoxy) is 1. The molecule has 2 atom stereocenters. The highest BCUT2D eigenvalue weighted by molar-refractivity contribution is 5.86. The van der Waals surface area contributed by atoms with E-state index in [-0.39, 0.29) is 6.10 Å². The van der Waals surface area contributed by atoms with Gasteiger partial charge in [-0.2, -0.15) is 0 Å². The summed E-state index contributed by atoms with van der Waals surface area (Å²) in [7, 11) is 0. The quantitative estimate of drug-likeness (QED) is 0.842. The normalized spacial score (nSPS) is 22.9. The molecule has 0 heterocycles. The van der Waals surface area contributed by atoms with Crippen LogP contribution in [0.2, 0.25) is 0 Å². The number of hydrogen-bond donors (Lipinski definition) is 1. The molecule has 108 valence electrons. The van der Waals surface area contributed by atoms with Gasteiger partial charge in [0.05, 0.1) is 6.10 Å². The van der Waals surface area contributed by atoms with Gasteiger partial charge in [-0.1, -0.05) is 31.5 Å². The van der Waals surface area contributed by atoms with E-state index in [0.29, 0.717) is 5.92 Å². The first-order chi connectivity index (χ1) is 9.56. The fourth-order valence-electron chi connectivity index (χ4n) is 2.78. The van der Waals surface area contributed by atoms with E-state index in [0.717, 1.165) is 35.8 Å². The van der Waals surface area contributed by atoms with Gasteiger partial charge in [-0.25, -0.2) is 4.79 Å². The highest BCUT2D eigenvalue weighted by Gasteiger charge is 2.21. The number of carboxylic acids is 1. The van der Waals surface area contributed by atoms with Gasteiger partial charge in [-0.05, 0) is 43.7 Å². The second kappa shape index (κ2) is 6.60. The highest BCUT2D eigenvalue weighted by atomic mass is 16.5. The fourth-order valence-corrected chi connectivity index (χ4v) is 2.78. The average molecular weight is 274 g/mol. The molecule has 2 unspecified atom stereocenters. The second-order valence-electron chi connectivity index (χ2n) is 5.68. The highest BCUT2D eigenvalue weighted by Crippen LogP contribution is 2.31. The summed E-state index contributed by atoms with van der Waals surface area (Å²) in [5, 5.41) is 8.76. The van der Waals surface area contributed by atoms with Gasteiger partial charge in [-0.3, -0.25) is 0 Å². The molecule has 0 amide bonds. The van der Waals surface area contributed by atoms with E-state index < -0.39 is 5.97 Å². The van der Waals surface area contributed by atoms with Crippen molar-refractivity contribution in [2.75, 3.05) is 0 Å². The van der Waals surface area contributed by atoms with Crippen LogP contribution in [0.5, 0.6) is 5.75 Å². The third kappa shape index (κ3) is 3.86. The van der Waals surface area contributed by atoms with Crippen LogP contribution in [0.4, 0.5) is 0 Å². The van der Waals surface area contributed by atoms with Crippen molar-refractivity contribution in [3.63, 3.8) is 0 Å². The Hall–Kier alpha value is -1.77. The third-order valence-electron chi connectivity index (χ3n) is 3.82. The van der Waals surface area contributed by atoms with Crippen molar-refractivity contribution in [2.24, 2.45) is 5.92 Å². The zero-order chi connectivity index (χ0) is 14.5. The average Bonchev–Trinajstić information content (AvgIpc) is 2.39. The van der Waals surface area contributed by atoms with Crippen molar-refractivity contribution >= 4 is 12.0 Å². The van der Waals surface area contributed by atoms with Crippen LogP contribution in [0.3, 0.4) is 0 Å². The molecule has 1 aliphatic rings. The van der Waals surface area contributed by atoms with E-state index >= 15 is 0 Å². The Bertz CT molecular complexity index is 505. The van der Waals surface area contributed by atoms with Gasteiger partial charge in [-0.15, -0.1) is 0 Å². The van der Waals surface area contributed by atoms with Crippen LogP contribution in [0, 0.1) is 12.8 Å². The minimum Gasteiger partial charge on any atom is -0.490 e. The summed E-state index contributed by atoms with van der Waals surface area (Å²) < 4.78 is 6.18. The van der Waals surface area contributed by atoms with Gasteiger partial charge >= 0.3 is 5.97 Å². The number of hydrogen-bond acceptors (Lipinski definition) is 2. The van der Waals surface area contributed by atoms with Gasteiger partial charge in [0.1, 0.15) is 5.75 Å². The summed E-state index contributed by atoms with van der Waals surface area (Å²) in [6.45, 7) is 4.26. The number of carboxylic acid groups (broad SMARTS) is 1. The summed E-state index contributed by atoms with van der Waals surface area (Å²) in [5.74, 6) is 0.587. The molecular formula is C17H22O3. The maximum Gasteiger partial charge on any atom is 0.328 e. The number of rotatable bonds is 4. The number of para-hydroxylation sites is 1. The molecule has 1 saturated carbocycles. The predicted octanol–water partition coefficient (Wildman–Crippen LogP) is 4.05. The smallest absolute Gasteiger partial charge is 0.328 e. The topological polar surface area (TPSA) is 46.5 Å². The molecule has 0 saturated heterocycles. The Labute approximate surface area is 120 Å². The first-order valence-electron chi connectivity index (χ1n) is 7.23. The molecule has 3 nitrogen and oxygen atoms in total. The lowest BCUT2D eigenvalue weighted by atomic mass is 9.88. The van der Waals surface area contributed by atoms with Gasteiger partial charge in [0.25, 0.3) is 0 Å². The Morgan fingerprint density at radius 2 is 2.20 bits per heavy atom. The molecule has 0 spiro atoms. The summed E-state index contributed by atoms with van der Waals surface area (Å²) in [6.07, 6.45) is 7.66. The molecule has 1 aromatic carbocycles. The minimum absolute atomic E-state index is 0.247. The zero-order valence-electron chi connectivity index (χ0n) is 12.1. The largest absolute Gasteiger partial charge is 0.490 e. The Morgan fingerprint density at radius 3 is 2.90 bits per heavy atom. The molecule has 0 aliphatic heterocycles. The van der Waals surface area contributed by atoms with Crippen LogP contribution < -0.4 is 4.74 Å². The number of benzene rings is 1. The van der Waals surface area contributed by atoms with Crippen LogP contribution in [-0.2, 0) is 4.79 Å². The van der Waals surface area contributed by atoms with Gasteiger partial charge in [0.2, 0.25) is 0 Å². The van der Waals surface area contributed by atoms with Gasteiger partial charge < -0.3 is 9.84 Å². The van der Waals surface area contributed by atoms with E-state index in [2.05, 4.69) is 6.92 Å². The van der Waals surface area contributed by atoms with Crippen LogP contribution in [0.1, 0.15) is 43.7 Å². The number of carbonyl (C=O) groups is 1. The van der Waals surface area contributed by atoms with E-state index in [4.69, 9.17) is 9.84 Å². The minimum atomic E-state index is -0.941. The molecule has 3 heteroatoms. The molecule has 2 rings (SSSR count). The van der Waals surface area contributed by atoms with Crippen molar-refractivity contribution in [1.82, 2.24) is 0 Å². The third-order valence-corrected chi connectivity index (χ3v) is 3.82. The second-order valence-corrected chi connectivity index (χ2v) is 5.68. The standard InChI is InChI=1S/C17H22O3/c1-12-5-3-8-15(11-12)20-17-13(2)6-4-7-14(17)9-10-16(18)19/h4,6-7,9-10,12,15H,3,5,8,11H2,1-2H3,(H,18,19)/b10-9+. The molecule has 1 aromatic rings. The molecule has 0 radical (unpaired) electrons. The van der Waals surface area contributed by atoms with E-state index in [1.54, 1.807) is 6.08 Å². The van der Waals surface area contributed by atoms with Crippen molar-refractivity contribution in [3.8, 4) is 5.75 Å². The first-order valence-corrected chi connectivity index (χ1v) is 7.23. The molecule has 1 fully saturated rings. The molecule has 1 aliphatic carbocycles. The molecule has 20 heavy (non-hydrogen) atoms. The van der Waals surface area contributed by atoms with Crippen molar-refractivity contribution < 1.29 is 14.6 Å². The Balaban J connectivity index is 2.19. The summed E-state index contributed by atoms with van der Waals surface area (Å²) in [4.78, 5) is 10.7. The predicted molar refractivity (Wildman–Crippen MR) is 79.9 cm³/mol. The molecule has 1 N–H and O–H groups in total. The molecular weight excluding hydrogens is 252 g/mol. The zero-order valence-corrected chi connectivity index (χ0v) is 12.1. The number of aliphatic carboxylic acids is 1. The number of aryl methyl sites for hydroxylation is 1. The van der Waals surface area contributed by atoms with Crippen LogP contribution >= 0.6 is 0 Å². The van der Waals surface area contributed by atoms with E-state index in [9.17, 15) is 4.79 Å². The lowest BCUT2D eigenvalue weighted by Crippen LogP contribution is -2.24. The van der Waals surface area contributed by atoms with Crippen molar-refractivity contribution in [2.45, 2.75) is 45.6 Å². The van der Waals surface area contributed by atoms with Crippen molar-refractivity contribution in [1.29, 1.82) is 0 Å². The Morgan fingerprint density at radius 1 is 1.40 bits per heavy atom.